The maximum absolute atomic E-state index is 12.4. The van der Waals surface area contributed by atoms with E-state index in [1.165, 1.54) is 4.31 Å². The van der Waals surface area contributed by atoms with Crippen molar-refractivity contribution < 1.29 is 17.9 Å². The van der Waals surface area contributed by atoms with Gasteiger partial charge in [-0.15, -0.1) is 0 Å². The highest BCUT2D eigenvalue weighted by molar-refractivity contribution is 7.87. The van der Waals surface area contributed by atoms with E-state index in [-0.39, 0.29) is 12.1 Å². The summed E-state index contributed by atoms with van der Waals surface area (Å²) in [5, 5.41) is 0. The summed E-state index contributed by atoms with van der Waals surface area (Å²) in [7, 11) is -0.396. The Morgan fingerprint density at radius 3 is 2.05 bits per heavy atom. The van der Waals surface area contributed by atoms with Crippen LogP contribution in [0.15, 0.2) is 0 Å². The van der Waals surface area contributed by atoms with Crippen molar-refractivity contribution in [3.05, 3.63) is 0 Å². The van der Waals surface area contributed by atoms with E-state index >= 15 is 0 Å². The summed E-state index contributed by atoms with van der Waals surface area (Å²) in [5.74, 6) is 0. The number of rotatable bonds is 9. The lowest BCUT2D eigenvalue weighted by molar-refractivity contribution is 0.149. The fourth-order valence-corrected chi connectivity index (χ4v) is 3.70. The second-order valence-corrected chi connectivity index (χ2v) is 6.82. The molecule has 1 fully saturated rings. The molecule has 0 radical (unpaired) electrons. The molecule has 20 heavy (non-hydrogen) atoms. The van der Waals surface area contributed by atoms with Crippen molar-refractivity contribution in [3.63, 3.8) is 0 Å². The van der Waals surface area contributed by atoms with E-state index in [4.69, 9.17) is 15.2 Å². The van der Waals surface area contributed by atoms with Crippen LogP contribution in [-0.4, -0.2) is 65.3 Å². The van der Waals surface area contributed by atoms with Gasteiger partial charge in [0.1, 0.15) is 0 Å². The van der Waals surface area contributed by atoms with Crippen LogP contribution < -0.4 is 10.5 Å². The molecule has 0 unspecified atom stereocenters. The molecule has 0 aromatic carbocycles. The highest BCUT2D eigenvalue weighted by Crippen LogP contribution is 2.18. The van der Waals surface area contributed by atoms with Gasteiger partial charge in [-0.05, 0) is 25.7 Å². The third-order valence-corrected chi connectivity index (χ3v) is 5.19. The van der Waals surface area contributed by atoms with Crippen molar-refractivity contribution in [1.29, 1.82) is 0 Å². The second kappa shape index (κ2) is 8.91. The number of nitrogens with zero attached hydrogens (tertiary/aromatic N) is 1. The highest BCUT2D eigenvalue weighted by Gasteiger charge is 2.27. The molecule has 1 aliphatic carbocycles. The molecule has 1 rings (SSSR count). The van der Waals surface area contributed by atoms with Crippen LogP contribution in [-0.2, 0) is 19.7 Å². The molecule has 0 aromatic heterocycles. The van der Waals surface area contributed by atoms with E-state index in [0.717, 1.165) is 25.7 Å². The normalized spacial score (nSPS) is 24.2. The first-order valence-electron chi connectivity index (χ1n) is 7.00. The van der Waals surface area contributed by atoms with Gasteiger partial charge in [0.05, 0.1) is 13.2 Å². The van der Waals surface area contributed by atoms with Crippen molar-refractivity contribution in [2.75, 3.05) is 40.5 Å². The van der Waals surface area contributed by atoms with Crippen LogP contribution in [0.25, 0.3) is 0 Å². The zero-order valence-electron chi connectivity index (χ0n) is 12.4. The molecule has 0 spiro atoms. The maximum atomic E-state index is 12.4. The molecular formula is C12H27N3O4S. The largest absolute Gasteiger partial charge is 0.383 e. The molecule has 0 saturated heterocycles. The molecule has 0 aromatic rings. The Balaban J connectivity index is 2.56. The summed E-state index contributed by atoms with van der Waals surface area (Å²) >= 11 is 0. The van der Waals surface area contributed by atoms with Gasteiger partial charge in [-0.25, -0.2) is 0 Å². The van der Waals surface area contributed by atoms with E-state index < -0.39 is 10.2 Å². The highest BCUT2D eigenvalue weighted by atomic mass is 32.2. The molecule has 1 aliphatic rings. The van der Waals surface area contributed by atoms with Crippen LogP contribution in [0.5, 0.6) is 0 Å². The topological polar surface area (TPSA) is 93.9 Å². The predicted molar refractivity (Wildman–Crippen MR) is 77.6 cm³/mol. The van der Waals surface area contributed by atoms with Gasteiger partial charge >= 0.3 is 0 Å². The molecule has 0 heterocycles. The van der Waals surface area contributed by atoms with Crippen LogP contribution >= 0.6 is 0 Å². The monoisotopic (exact) mass is 309 g/mol. The number of nitrogens with one attached hydrogen (secondary N) is 1. The standard InChI is InChI=1S/C12H27N3O4S/c1-18-9-7-15(8-10-19-2)20(16,17)14-12-5-3-11(13)4-6-12/h11-12,14H,3-10,13H2,1-2H3. The summed E-state index contributed by atoms with van der Waals surface area (Å²) in [6.45, 7) is 1.36. The average molecular weight is 309 g/mol. The second-order valence-electron chi connectivity index (χ2n) is 5.12. The lowest BCUT2D eigenvalue weighted by atomic mass is 9.93. The number of hydrogen-bond acceptors (Lipinski definition) is 5. The molecule has 0 amide bonds. The first-order valence-corrected chi connectivity index (χ1v) is 8.44. The predicted octanol–water partition coefficient (Wildman–Crippen LogP) is -0.314. The number of hydrogen-bond donors (Lipinski definition) is 2. The Bertz CT molecular complexity index is 348. The van der Waals surface area contributed by atoms with Gasteiger partial charge < -0.3 is 15.2 Å². The maximum Gasteiger partial charge on any atom is 0.279 e. The Labute approximate surface area is 122 Å². The van der Waals surface area contributed by atoms with E-state index in [1.807, 2.05) is 0 Å². The van der Waals surface area contributed by atoms with Gasteiger partial charge in [0.25, 0.3) is 10.2 Å². The van der Waals surface area contributed by atoms with E-state index in [9.17, 15) is 8.42 Å². The van der Waals surface area contributed by atoms with Crippen molar-refractivity contribution in [3.8, 4) is 0 Å². The van der Waals surface area contributed by atoms with Gasteiger partial charge in [-0.3, -0.25) is 0 Å². The Kier molecular flexibility index (Phi) is 7.93. The molecule has 3 N–H and O–H groups in total. The van der Waals surface area contributed by atoms with Crippen LogP contribution in [0, 0.1) is 0 Å². The molecule has 120 valence electrons. The molecule has 8 heteroatoms. The van der Waals surface area contributed by atoms with Crippen molar-refractivity contribution >= 4 is 10.2 Å². The van der Waals surface area contributed by atoms with Gasteiger partial charge in [-0.2, -0.15) is 17.4 Å². The first kappa shape index (κ1) is 17.8. The zero-order valence-corrected chi connectivity index (χ0v) is 13.2. The summed E-state index contributed by atoms with van der Waals surface area (Å²) < 4.78 is 38.8. The summed E-state index contributed by atoms with van der Waals surface area (Å²) in [6.07, 6.45) is 3.32. The lowest BCUT2D eigenvalue weighted by Crippen LogP contribution is -2.49. The van der Waals surface area contributed by atoms with Crippen LogP contribution in [0.4, 0.5) is 0 Å². The van der Waals surface area contributed by atoms with E-state index in [2.05, 4.69) is 4.72 Å². The Hall–Kier alpha value is -0.250. The zero-order chi connectivity index (χ0) is 15.0. The molecule has 0 aliphatic heterocycles. The van der Waals surface area contributed by atoms with Gasteiger partial charge in [-0.1, -0.05) is 0 Å². The van der Waals surface area contributed by atoms with E-state index in [0.29, 0.717) is 26.3 Å². The lowest BCUT2D eigenvalue weighted by Gasteiger charge is -2.29. The molecule has 1 saturated carbocycles. The first-order chi connectivity index (χ1) is 9.49. The van der Waals surface area contributed by atoms with Crippen molar-refractivity contribution in [2.45, 2.75) is 37.8 Å². The third-order valence-electron chi connectivity index (χ3n) is 3.52. The average Bonchev–Trinajstić information content (AvgIpc) is 2.41. The quantitative estimate of drug-likeness (QED) is 0.609. The number of ether oxygens (including phenoxy) is 2. The smallest absolute Gasteiger partial charge is 0.279 e. The summed E-state index contributed by atoms with van der Waals surface area (Å²) in [4.78, 5) is 0. The minimum Gasteiger partial charge on any atom is -0.383 e. The summed E-state index contributed by atoms with van der Waals surface area (Å²) in [5.41, 5.74) is 5.83. The Morgan fingerprint density at radius 1 is 1.10 bits per heavy atom. The molecule has 0 bridgehead atoms. The van der Waals surface area contributed by atoms with E-state index in [1.54, 1.807) is 14.2 Å². The van der Waals surface area contributed by atoms with Crippen molar-refractivity contribution in [2.24, 2.45) is 5.73 Å². The molecule has 0 atom stereocenters. The Morgan fingerprint density at radius 2 is 1.60 bits per heavy atom. The van der Waals surface area contributed by atoms with Crippen LogP contribution in [0.2, 0.25) is 0 Å². The van der Waals surface area contributed by atoms with Crippen LogP contribution in [0.3, 0.4) is 0 Å². The fourth-order valence-electron chi connectivity index (χ4n) is 2.26. The third kappa shape index (κ3) is 6.02. The van der Waals surface area contributed by atoms with Crippen molar-refractivity contribution in [1.82, 2.24) is 9.03 Å². The number of methoxy groups -OCH3 is 2. The van der Waals surface area contributed by atoms with Gasteiger partial charge in [0.15, 0.2) is 0 Å². The van der Waals surface area contributed by atoms with Gasteiger partial charge in [0.2, 0.25) is 0 Å². The minimum atomic E-state index is -3.50. The fraction of sp³-hybridized carbons (Fsp3) is 1.00. The minimum absolute atomic E-state index is 0.0209. The SMILES string of the molecule is COCCN(CCOC)S(=O)(=O)NC1CCC(N)CC1. The van der Waals surface area contributed by atoms with Gasteiger partial charge in [0, 0.05) is 39.4 Å². The molecule has 7 nitrogen and oxygen atoms in total. The molecular weight excluding hydrogens is 282 g/mol. The summed E-state index contributed by atoms with van der Waals surface area (Å²) in [6, 6.07) is 0.182. The number of nitrogens with two attached hydrogens (primary N) is 1. The van der Waals surface area contributed by atoms with Crippen LogP contribution in [0.1, 0.15) is 25.7 Å².